The summed E-state index contributed by atoms with van der Waals surface area (Å²) in [7, 11) is 0. The Morgan fingerprint density at radius 1 is 0.229 bits per heavy atom. The lowest BCUT2D eigenvalue weighted by atomic mass is 9.86. The highest BCUT2D eigenvalue weighted by Crippen LogP contribution is 2.67. The molecule has 0 fully saturated rings. The first-order chi connectivity index (χ1) is 14.5. The van der Waals surface area contributed by atoms with Gasteiger partial charge in [-0.25, -0.2) is 0 Å². The van der Waals surface area contributed by atoms with Crippen molar-refractivity contribution < 1.29 is 92.2 Å². The van der Waals surface area contributed by atoms with Crippen molar-refractivity contribution in [3.05, 3.63) is 0 Å². The predicted molar refractivity (Wildman–Crippen MR) is 70.9 cm³/mol. The molecule has 0 aromatic rings. The molecule has 0 aliphatic carbocycles. The minimum absolute atomic E-state index is 4.07. The number of rotatable bonds is 8. The van der Waals surface area contributed by atoms with E-state index >= 15 is 0 Å². The lowest BCUT2D eigenvalue weighted by Gasteiger charge is -2.45. The topological polar surface area (TPSA) is 0 Å². The van der Waals surface area contributed by atoms with Gasteiger partial charge in [-0.15, -0.1) is 0 Å². The van der Waals surface area contributed by atoms with Crippen molar-refractivity contribution in [1.29, 1.82) is 0 Å². The minimum Gasteiger partial charge on any atom is -0.195 e. The van der Waals surface area contributed by atoms with E-state index in [1.54, 1.807) is 0 Å². The monoisotopic (exact) mass is 636 g/mol. The van der Waals surface area contributed by atoms with E-state index in [2.05, 4.69) is 34.8 Å². The van der Waals surface area contributed by atoms with Crippen LogP contribution in [0, 0.1) is 0 Å². The maximum Gasteiger partial charge on any atom is 0.460 e. The molecule has 0 unspecified atom stereocenters. The summed E-state index contributed by atoms with van der Waals surface area (Å²) in [5, 5.41) is 0. The highest BCUT2D eigenvalue weighted by atomic mass is 35.6. The minimum atomic E-state index is -9.24. The SMILES string of the molecule is FC(F)(F)C(F)(F)C(F)(F)C(F)(F)C(F)(F)C(F)(F)C(F)(F)C(F)(F)C(F)(F)C(F)(F)C(Cl)(Cl)Cl. The van der Waals surface area contributed by atoms with Gasteiger partial charge in [-0.05, 0) is 0 Å². The summed E-state index contributed by atoms with van der Waals surface area (Å²) in [6.45, 7) is 0. The molecule has 212 valence electrons. The molecule has 0 atom stereocenters. The molecule has 0 aliphatic heterocycles. The van der Waals surface area contributed by atoms with Crippen LogP contribution in [0.2, 0.25) is 0 Å². The Balaban J connectivity index is 7.15. The fraction of sp³-hybridized carbons (Fsp3) is 1.00. The molecule has 0 saturated heterocycles. The molecule has 0 rings (SSSR count). The molecular formula is C11Cl3F21. The lowest BCUT2D eigenvalue weighted by molar-refractivity contribution is -0.474. The first-order valence-corrected chi connectivity index (χ1v) is 8.17. The van der Waals surface area contributed by atoms with Crippen LogP contribution < -0.4 is 0 Å². The van der Waals surface area contributed by atoms with Gasteiger partial charge in [-0.3, -0.25) is 0 Å². The zero-order valence-corrected chi connectivity index (χ0v) is 16.8. The first kappa shape index (κ1) is 34.4. The zero-order valence-electron chi connectivity index (χ0n) is 14.6. The maximum absolute atomic E-state index is 13.4. The largest absolute Gasteiger partial charge is 0.460 e. The van der Waals surface area contributed by atoms with E-state index in [1.807, 2.05) is 0 Å². The Bertz CT molecular complexity index is 723. The molecule has 24 heteroatoms. The second kappa shape index (κ2) is 8.20. The highest BCUT2D eigenvalue weighted by Gasteiger charge is 2.98. The van der Waals surface area contributed by atoms with Gasteiger partial charge in [0.15, 0.2) is 0 Å². The molecule has 0 N–H and O–H groups in total. The van der Waals surface area contributed by atoms with Gasteiger partial charge in [0.05, 0.1) is 0 Å². The highest BCUT2D eigenvalue weighted by molar-refractivity contribution is 6.68. The number of halogens is 24. The molecule has 35 heavy (non-hydrogen) atoms. The third-order valence-corrected chi connectivity index (χ3v) is 4.58. The summed E-state index contributed by atoms with van der Waals surface area (Å²) in [6.07, 6.45) is -8.03. The molecule has 0 aromatic heterocycles. The Morgan fingerprint density at radius 2 is 0.371 bits per heavy atom. The van der Waals surface area contributed by atoms with E-state index in [9.17, 15) is 92.2 Å². The van der Waals surface area contributed by atoms with Crippen LogP contribution >= 0.6 is 34.8 Å². The molecule has 0 bridgehead atoms. The fourth-order valence-electron chi connectivity index (χ4n) is 1.74. The molecule has 0 heterocycles. The van der Waals surface area contributed by atoms with Gasteiger partial charge in [0.1, 0.15) is 0 Å². The number of alkyl halides is 24. The second-order valence-electron chi connectivity index (χ2n) is 6.17. The van der Waals surface area contributed by atoms with E-state index in [4.69, 9.17) is 0 Å². The van der Waals surface area contributed by atoms with Crippen molar-refractivity contribution in [2.45, 2.75) is 63.3 Å². The van der Waals surface area contributed by atoms with Gasteiger partial charge < -0.3 is 0 Å². The Labute approximate surface area is 191 Å². The summed E-state index contributed by atoms with van der Waals surface area (Å²) in [5.74, 6) is -78.5. The smallest absolute Gasteiger partial charge is 0.195 e. The van der Waals surface area contributed by atoms with Crippen molar-refractivity contribution in [1.82, 2.24) is 0 Å². The van der Waals surface area contributed by atoms with Gasteiger partial charge >= 0.3 is 59.5 Å². The van der Waals surface area contributed by atoms with Crippen LogP contribution in [0.15, 0.2) is 0 Å². The lowest BCUT2D eigenvalue weighted by Crippen LogP contribution is -2.77. The van der Waals surface area contributed by atoms with Crippen molar-refractivity contribution in [3.8, 4) is 0 Å². The van der Waals surface area contributed by atoms with Crippen LogP contribution in [0.3, 0.4) is 0 Å². The van der Waals surface area contributed by atoms with Crippen LogP contribution in [0.1, 0.15) is 0 Å². The van der Waals surface area contributed by atoms with Crippen LogP contribution in [0.5, 0.6) is 0 Å². The van der Waals surface area contributed by atoms with Crippen LogP contribution in [0.25, 0.3) is 0 Å². The summed E-state index contributed by atoms with van der Waals surface area (Å²) in [6, 6.07) is 0. The Hall–Kier alpha value is -0.600. The van der Waals surface area contributed by atoms with Crippen LogP contribution in [0.4, 0.5) is 92.2 Å². The quantitative estimate of drug-likeness (QED) is 0.185. The van der Waals surface area contributed by atoms with E-state index in [1.165, 1.54) is 0 Å². The van der Waals surface area contributed by atoms with E-state index in [0.29, 0.717) is 0 Å². The summed E-state index contributed by atoms with van der Waals surface area (Å²) < 4.78 is 268. The average Bonchev–Trinajstić information content (AvgIpc) is 2.58. The van der Waals surface area contributed by atoms with Gasteiger partial charge in [-0.2, -0.15) is 92.2 Å². The van der Waals surface area contributed by atoms with Gasteiger partial charge in [0, 0.05) is 0 Å². The number of hydrogen-bond acceptors (Lipinski definition) is 0. The van der Waals surface area contributed by atoms with Crippen molar-refractivity contribution in [2.75, 3.05) is 0 Å². The molecular weight excluding hydrogens is 637 g/mol. The third kappa shape index (κ3) is 4.12. The molecule has 0 radical (unpaired) electrons. The second-order valence-corrected chi connectivity index (χ2v) is 8.45. The van der Waals surface area contributed by atoms with Crippen LogP contribution in [-0.4, -0.2) is 63.3 Å². The van der Waals surface area contributed by atoms with Crippen LogP contribution in [-0.2, 0) is 0 Å². The maximum atomic E-state index is 13.4. The standard InChI is InChI=1S/C11Cl3F21/c12-10(13,14)8(29,30)6(25,26)4(21,22)2(17,18)1(15,16)3(19,20)5(23,24)7(27,28)9(31,32)11(33,34)35. The molecule has 0 amide bonds. The Kier molecular flexibility index (Phi) is 8.06. The number of hydrogen-bond donors (Lipinski definition) is 0. The normalized spacial score (nSPS) is 17.1. The molecule has 0 saturated carbocycles. The van der Waals surface area contributed by atoms with Crippen molar-refractivity contribution in [2.24, 2.45) is 0 Å². The molecule has 0 aliphatic rings. The molecule has 0 nitrogen and oxygen atoms in total. The zero-order chi connectivity index (χ0) is 29.5. The van der Waals surface area contributed by atoms with Crippen molar-refractivity contribution >= 4 is 34.8 Å². The summed E-state index contributed by atoms with van der Waals surface area (Å²) >= 11 is 12.2. The van der Waals surface area contributed by atoms with E-state index in [0.717, 1.165) is 0 Å². The first-order valence-electron chi connectivity index (χ1n) is 7.04. The third-order valence-electron chi connectivity index (χ3n) is 3.87. The van der Waals surface area contributed by atoms with E-state index < -0.39 is 63.3 Å². The van der Waals surface area contributed by atoms with E-state index in [-0.39, 0.29) is 0 Å². The Morgan fingerprint density at radius 3 is 0.514 bits per heavy atom. The summed E-state index contributed by atoms with van der Waals surface area (Å²) in [4.78, 5) is 0. The van der Waals surface area contributed by atoms with Gasteiger partial charge in [-0.1, -0.05) is 34.8 Å². The molecule has 0 aromatic carbocycles. The van der Waals surface area contributed by atoms with Gasteiger partial charge in [0.2, 0.25) is 0 Å². The average molecular weight is 637 g/mol. The predicted octanol–water partition coefficient (Wildman–Crippen LogP) is 8.64. The fourth-order valence-corrected chi connectivity index (χ4v) is 2.09. The van der Waals surface area contributed by atoms with Gasteiger partial charge in [0.25, 0.3) is 3.79 Å². The molecule has 0 spiro atoms. The summed E-state index contributed by atoms with van der Waals surface area (Å²) in [5.41, 5.74) is 0. The van der Waals surface area contributed by atoms with Crippen molar-refractivity contribution in [3.63, 3.8) is 0 Å².